The SMILES string of the molecule is O=C(O)Cc1cc(C(=O)O)sc1-c1ccc(-c2sc(-c3ccc(-c4cc(CC(=O)O)c(-c5ccc(-c6sc(C(=O)O)cc6CC(=O)O)s5)s4)s3)cc2CC(=O)O)s1. The molecule has 19 heteroatoms. The normalized spacial score (nSPS) is 11.2. The average Bonchev–Trinajstić information content (AvgIpc) is 3.96. The van der Waals surface area contributed by atoms with Crippen molar-refractivity contribution in [2.75, 3.05) is 0 Å². The van der Waals surface area contributed by atoms with Gasteiger partial charge in [0.1, 0.15) is 9.75 Å². The van der Waals surface area contributed by atoms with Gasteiger partial charge in [0.05, 0.1) is 25.7 Å². The van der Waals surface area contributed by atoms with E-state index in [0.717, 1.165) is 61.7 Å². The van der Waals surface area contributed by atoms with Gasteiger partial charge in [0.25, 0.3) is 0 Å². The van der Waals surface area contributed by atoms with Gasteiger partial charge in [-0.25, -0.2) is 9.59 Å². The van der Waals surface area contributed by atoms with Gasteiger partial charge in [0.2, 0.25) is 0 Å². The van der Waals surface area contributed by atoms with Crippen molar-refractivity contribution in [3.8, 4) is 58.5 Å². The first-order chi connectivity index (χ1) is 27.1. The minimum atomic E-state index is -1.16. The lowest BCUT2D eigenvalue weighted by molar-refractivity contribution is -0.137. The molecular weight excluding hydrogens is 873 g/mol. The molecule has 57 heavy (non-hydrogen) atoms. The number of carboxylic acids is 6. The van der Waals surface area contributed by atoms with Crippen LogP contribution < -0.4 is 0 Å². The Kier molecular flexibility index (Phi) is 11.4. The van der Waals surface area contributed by atoms with Crippen LogP contribution in [-0.4, -0.2) is 66.5 Å². The summed E-state index contributed by atoms with van der Waals surface area (Å²) >= 11 is 8.86. The standard InChI is InChI=1S/C38H24O12S7/c39-29(40)11-15-7-25(54-33(15)21-3-5-23(52-21)35-17(13-31(43)44)9-27(56-35)37(47)48)19-1-2-20(51-19)26-8-16(12-30(41)42)34(55-26)22-4-6-24(53-22)36-18(14-32(45)46)10-28(57-36)38(49)50/h1-10H,11-14H2,(H,39,40)(H,41,42)(H,43,44)(H,45,46)(H,47,48)(H,49,50). The van der Waals surface area contributed by atoms with Crippen LogP contribution in [0.2, 0.25) is 0 Å². The molecule has 0 aliphatic carbocycles. The first-order valence-electron chi connectivity index (χ1n) is 16.3. The molecule has 0 atom stereocenters. The van der Waals surface area contributed by atoms with Crippen LogP contribution in [0.15, 0.2) is 60.7 Å². The molecule has 0 saturated heterocycles. The van der Waals surface area contributed by atoms with Gasteiger partial charge in [-0.15, -0.1) is 79.4 Å². The van der Waals surface area contributed by atoms with Gasteiger partial charge >= 0.3 is 35.8 Å². The summed E-state index contributed by atoms with van der Waals surface area (Å²) < 4.78 is 0. The molecule has 6 N–H and O–H groups in total. The molecule has 0 amide bonds. The third kappa shape index (κ3) is 8.69. The van der Waals surface area contributed by atoms with Crippen molar-refractivity contribution >= 4 is 115 Å². The molecule has 0 radical (unpaired) electrons. The Morgan fingerprint density at radius 3 is 0.895 bits per heavy atom. The van der Waals surface area contributed by atoms with Crippen molar-refractivity contribution in [2.24, 2.45) is 0 Å². The minimum absolute atomic E-state index is 0.0174. The van der Waals surface area contributed by atoms with Crippen LogP contribution in [0.5, 0.6) is 0 Å². The Bertz CT molecular complexity index is 2560. The van der Waals surface area contributed by atoms with E-state index in [1.165, 1.54) is 68.8 Å². The monoisotopic (exact) mass is 896 g/mol. The van der Waals surface area contributed by atoms with E-state index in [0.29, 0.717) is 41.8 Å². The molecule has 12 nitrogen and oxygen atoms in total. The Hall–Kier alpha value is -5.28. The fraction of sp³-hybridized carbons (Fsp3) is 0.105. The maximum atomic E-state index is 11.9. The van der Waals surface area contributed by atoms with Gasteiger partial charge in [-0.2, -0.15) is 0 Å². The molecule has 7 aromatic rings. The lowest BCUT2D eigenvalue weighted by atomic mass is 10.1. The molecule has 290 valence electrons. The van der Waals surface area contributed by atoms with E-state index in [9.17, 15) is 59.4 Å². The maximum absolute atomic E-state index is 11.9. The van der Waals surface area contributed by atoms with E-state index >= 15 is 0 Å². The number of carboxylic acid groups (broad SMARTS) is 6. The number of hydrogen-bond acceptors (Lipinski definition) is 13. The minimum Gasteiger partial charge on any atom is -0.481 e. The van der Waals surface area contributed by atoms with Crippen molar-refractivity contribution in [1.82, 2.24) is 0 Å². The summed E-state index contributed by atoms with van der Waals surface area (Å²) in [6, 6.07) is 17.4. The molecule has 7 rings (SSSR count). The molecule has 7 heterocycles. The summed E-state index contributed by atoms with van der Waals surface area (Å²) in [4.78, 5) is 78.9. The number of hydrogen-bond donors (Lipinski definition) is 6. The molecule has 0 fully saturated rings. The molecule has 0 aromatic carbocycles. The zero-order chi connectivity index (χ0) is 40.7. The Morgan fingerprint density at radius 2 is 0.596 bits per heavy atom. The number of rotatable bonds is 16. The molecule has 0 saturated carbocycles. The van der Waals surface area contributed by atoms with E-state index in [4.69, 9.17) is 0 Å². The van der Waals surface area contributed by atoms with E-state index in [2.05, 4.69) is 0 Å². The van der Waals surface area contributed by atoms with Crippen LogP contribution in [0.25, 0.3) is 58.5 Å². The van der Waals surface area contributed by atoms with E-state index in [-0.39, 0.29) is 35.4 Å². The van der Waals surface area contributed by atoms with Crippen LogP contribution in [0.3, 0.4) is 0 Å². The highest BCUT2D eigenvalue weighted by Gasteiger charge is 2.24. The first-order valence-corrected chi connectivity index (χ1v) is 22.0. The number of aromatic carboxylic acids is 2. The zero-order valence-electron chi connectivity index (χ0n) is 28.6. The second-order valence-corrected chi connectivity index (χ2v) is 19.7. The topological polar surface area (TPSA) is 224 Å². The van der Waals surface area contributed by atoms with Crippen molar-refractivity contribution in [3.63, 3.8) is 0 Å². The van der Waals surface area contributed by atoms with Crippen molar-refractivity contribution in [2.45, 2.75) is 25.7 Å². The Morgan fingerprint density at radius 1 is 0.333 bits per heavy atom. The summed E-state index contributed by atoms with van der Waals surface area (Å²) in [7, 11) is 0. The van der Waals surface area contributed by atoms with E-state index in [1.54, 1.807) is 12.1 Å². The van der Waals surface area contributed by atoms with Crippen LogP contribution >= 0.6 is 79.4 Å². The largest absolute Gasteiger partial charge is 0.481 e. The van der Waals surface area contributed by atoms with Crippen molar-refractivity contribution in [3.05, 3.63) is 92.7 Å². The highest BCUT2D eigenvalue weighted by molar-refractivity contribution is 7.31. The predicted octanol–water partition coefficient (Wildman–Crippen LogP) is 10.0. The van der Waals surface area contributed by atoms with Gasteiger partial charge in [-0.1, -0.05) is 0 Å². The highest BCUT2D eigenvalue weighted by Crippen LogP contribution is 2.50. The predicted molar refractivity (Wildman–Crippen MR) is 223 cm³/mol. The van der Waals surface area contributed by atoms with Gasteiger partial charge in [0.15, 0.2) is 0 Å². The summed E-state index contributed by atoms with van der Waals surface area (Å²) in [6.45, 7) is 0. The van der Waals surface area contributed by atoms with Gasteiger partial charge in [-0.05, 0) is 82.9 Å². The Labute approximate surface area is 349 Å². The molecule has 0 aliphatic rings. The average molecular weight is 897 g/mol. The second kappa shape index (κ2) is 16.3. The number of aliphatic carboxylic acids is 4. The fourth-order valence-electron chi connectivity index (χ4n) is 5.95. The van der Waals surface area contributed by atoms with E-state index < -0.39 is 35.8 Å². The fourth-order valence-corrected chi connectivity index (χ4v) is 14.1. The molecule has 7 aromatic heterocycles. The zero-order valence-corrected chi connectivity index (χ0v) is 34.3. The molecule has 0 spiro atoms. The molecule has 0 unspecified atom stereocenters. The summed E-state index contributed by atoms with van der Waals surface area (Å²) in [6.07, 6.45) is -1.20. The maximum Gasteiger partial charge on any atom is 0.345 e. The van der Waals surface area contributed by atoms with Gasteiger partial charge in [-0.3, -0.25) is 19.2 Å². The molecule has 0 aliphatic heterocycles. The second-order valence-electron chi connectivity index (χ2n) is 12.2. The molecular formula is C38H24O12S7. The first kappa shape index (κ1) is 39.9. The van der Waals surface area contributed by atoms with Crippen molar-refractivity contribution in [1.29, 1.82) is 0 Å². The summed E-state index contributed by atoms with van der Waals surface area (Å²) in [5, 5.41) is 57.4. The quantitative estimate of drug-likeness (QED) is 0.0533. The Balaban J connectivity index is 1.21. The third-order valence-electron chi connectivity index (χ3n) is 8.22. The van der Waals surface area contributed by atoms with Crippen molar-refractivity contribution < 1.29 is 59.4 Å². The third-order valence-corrected chi connectivity index (χ3v) is 17.3. The summed E-state index contributed by atoms with van der Waals surface area (Å²) in [5.74, 6) is -6.55. The summed E-state index contributed by atoms with van der Waals surface area (Å²) in [5.41, 5.74) is 1.92. The van der Waals surface area contributed by atoms with Crippen LogP contribution in [-0.2, 0) is 44.9 Å². The lowest BCUT2D eigenvalue weighted by Crippen LogP contribution is -1.99. The van der Waals surface area contributed by atoms with E-state index in [1.807, 2.05) is 36.4 Å². The number of thiophene rings is 7. The lowest BCUT2D eigenvalue weighted by Gasteiger charge is -1.99. The van der Waals surface area contributed by atoms with Crippen LogP contribution in [0.4, 0.5) is 0 Å². The smallest absolute Gasteiger partial charge is 0.345 e. The van der Waals surface area contributed by atoms with Crippen LogP contribution in [0.1, 0.15) is 41.6 Å². The van der Waals surface area contributed by atoms with Crippen LogP contribution in [0, 0.1) is 0 Å². The highest BCUT2D eigenvalue weighted by atomic mass is 32.1. The molecule has 0 bridgehead atoms. The van der Waals surface area contributed by atoms with Gasteiger partial charge in [0, 0.05) is 58.5 Å². The number of carbonyl (C=O) groups is 6. The van der Waals surface area contributed by atoms with Gasteiger partial charge < -0.3 is 30.6 Å².